The van der Waals surface area contributed by atoms with Gasteiger partial charge in [0, 0.05) is 36.9 Å². The van der Waals surface area contributed by atoms with Crippen molar-refractivity contribution >= 4 is 36.4 Å². The van der Waals surface area contributed by atoms with Gasteiger partial charge in [-0.3, -0.25) is 4.79 Å². The topological polar surface area (TPSA) is 48.7 Å². The molecule has 1 aromatic carbocycles. The summed E-state index contributed by atoms with van der Waals surface area (Å²) in [5.74, 6) is 1.07. The molecular formula is C21H29Cl2N3O2. The molecule has 2 aromatic rings. The van der Waals surface area contributed by atoms with Crippen molar-refractivity contribution in [3.05, 3.63) is 53.5 Å². The van der Waals surface area contributed by atoms with Crippen molar-refractivity contribution < 1.29 is 9.21 Å². The van der Waals surface area contributed by atoms with Crippen LogP contribution in [0.15, 0.2) is 41.0 Å². The van der Waals surface area contributed by atoms with Gasteiger partial charge in [-0.05, 0) is 57.0 Å². The van der Waals surface area contributed by atoms with Gasteiger partial charge < -0.3 is 19.5 Å². The van der Waals surface area contributed by atoms with E-state index in [4.69, 9.17) is 4.42 Å². The summed E-state index contributed by atoms with van der Waals surface area (Å²) < 4.78 is 5.63. The Morgan fingerprint density at radius 2 is 2.04 bits per heavy atom. The zero-order chi connectivity index (χ0) is 18.1. The number of carbonyl (C=O) groups is 1. The standard InChI is InChI=1S/C21H27N3O2.2ClH/c1-15-11-17-5-3-4-6-19(17)24(15)14-18-8-10-26-20(18)21(25)23-9-7-16(13-23)12-22-2;;/h3-6,8,10,15-16,22H,7,9,11-14H2,1-2H3;2*1H. The molecule has 1 N–H and O–H groups in total. The predicted octanol–water partition coefficient (Wildman–Crippen LogP) is 3.76. The number of anilines is 1. The van der Waals surface area contributed by atoms with E-state index < -0.39 is 0 Å². The second-order valence-electron chi connectivity index (χ2n) is 7.55. The average molecular weight is 426 g/mol. The van der Waals surface area contributed by atoms with Crippen LogP contribution >= 0.6 is 24.8 Å². The van der Waals surface area contributed by atoms with Crippen LogP contribution in [0, 0.1) is 5.92 Å². The molecule has 28 heavy (non-hydrogen) atoms. The Bertz CT molecular complexity index is 795. The second-order valence-corrected chi connectivity index (χ2v) is 7.55. The van der Waals surface area contributed by atoms with Crippen molar-refractivity contribution in [2.45, 2.75) is 32.4 Å². The number of nitrogens with one attached hydrogen (secondary N) is 1. The van der Waals surface area contributed by atoms with Crippen molar-refractivity contribution in [3.63, 3.8) is 0 Å². The van der Waals surface area contributed by atoms with E-state index >= 15 is 0 Å². The van der Waals surface area contributed by atoms with E-state index in [2.05, 4.69) is 41.4 Å². The highest BCUT2D eigenvalue weighted by molar-refractivity contribution is 5.93. The number of carbonyl (C=O) groups excluding carboxylic acids is 1. The largest absolute Gasteiger partial charge is 0.459 e. The molecule has 0 aliphatic carbocycles. The molecule has 3 heterocycles. The third kappa shape index (κ3) is 4.32. The fourth-order valence-electron chi connectivity index (χ4n) is 4.32. The minimum absolute atomic E-state index is 0. The van der Waals surface area contributed by atoms with Crippen molar-refractivity contribution in [2.75, 3.05) is 31.6 Å². The summed E-state index contributed by atoms with van der Waals surface area (Å²) in [6.45, 7) is 5.53. The van der Waals surface area contributed by atoms with E-state index in [0.717, 1.165) is 38.0 Å². The Balaban J connectivity index is 0.00000140. The lowest BCUT2D eigenvalue weighted by molar-refractivity contribution is 0.0754. The Morgan fingerprint density at radius 3 is 2.82 bits per heavy atom. The van der Waals surface area contributed by atoms with Crippen molar-refractivity contribution in [1.29, 1.82) is 0 Å². The lowest BCUT2D eigenvalue weighted by Crippen LogP contribution is -2.32. The average Bonchev–Trinajstić information content (AvgIpc) is 3.35. The molecule has 4 rings (SSSR count). The van der Waals surface area contributed by atoms with Gasteiger partial charge in [0.05, 0.1) is 6.26 Å². The lowest BCUT2D eigenvalue weighted by Gasteiger charge is -2.25. The van der Waals surface area contributed by atoms with Gasteiger partial charge >= 0.3 is 0 Å². The highest BCUT2D eigenvalue weighted by Gasteiger charge is 2.31. The fraction of sp³-hybridized carbons (Fsp3) is 0.476. The highest BCUT2D eigenvalue weighted by atomic mass is 35.5. The third-order valence-corrected chi connectivity index (χ3v) is 5.70. The fourth-order valence-corrected chi connectivity index (χ4v) is 4.32. The zero-order valence-corrected chi connectivity index (χ0v) is 18.0. The monoisotopic (exact) mass is 425 g/mol. The minimum Gasteiger partial charge on any atom is -0.459 e. The van der Waals surface area contributed by atoms with Gasteiger partial charge in [0.1, 0.15) is 0 Å². The maximum atomic E-state index is 13.0. The van der Waals surface area contributed by atoms with Crippen molar-refractivity contribution in [2.24, 2.45) is 5.92 Å². The van der Waals surface area contributed by atoms with Crippen LogP contribution in [-0.2, 0) is 13.0 Å². The van der Waals surface area contributed by atoms with Crippen molar-refractivity contribution in [3.8, 4) is 0 Å². The van der Waals surface area contributed by atoms with Gasteiger partial charge in [-0.1, -0.05) is 18.2 Å². The van der Waals surface area contributed by atoms with Gasteiger partial charge in [0.25, 0.3) is 5.91 Å². The Kier molecular flexibility index (Phi) is 7.81. The number of para-hydroxylation sites is 1. The summed E-state index contributed by atoms with van der Waals surface area (Å²) in [6.07, 6.45) is 3.75. The lowest BCUT2D eigenvalue weighted by atomic mass is 10.1. The van der Waals surface area contributed by atoms with Crippen LogP contribution in [0.4, 0.5) is 5.69 Å². The number of amides is 1. The second kappa shape index (κ2) is 9.68. The quantitative estimate of drug-likeness (QED) is 0.791. The third-order valence-electron chi connectivity index (χ3n) is 5.70. The molecule has 1 saturated heterocycles. The zero-order valence-electron chi connectivity index (χ0n) is 16.4. The molecule has 0 spiro atoms. The van der Waals surface area contributed by atoms with E-state index in [1.54, 1.807) is 6.26 Å². The number of halogens is 2. The molecule has 2 aliphatic rings. The van der Waals surface area contributed by atoms with Crippen LogP contribution in [-0.4, -0.2) is 43.5 Å². The number of rotatable bonds is 5. The molecule has 2 unspecified atom stereocenters. The van der Waals surface area contributed by atoms with Crippen LogP contribution in [0.1, 0.15) is 35.0 Å². The van der Waals surface area contributed by atoms with Crippen molar-refractivity contribution in [1.82, 2.24) is 10.2 Å². The van der Waals surface area contributed by atoms with Gasteiger partial charge in [0.15, 0.2) is 5.76 Å². The smallest absolute Gasteiger partial charge is 0.289 e. The van der Waals surface area contributed by atoms with E-state index in [9.17, 15) is 4.79 Å². The van der Waals surface area contributed by atoms with E-state index in [1.807, 2.05) is 18.0 Å². The molecule has 2 atom stereocenters. The number of hydrogen-bond acceptors (Lipinski definition) is 4. The molecule has 154 valence electrons. The van der Waals surface area contributed by atoms with Crippen LogP contribution in [0.3, 0.4) is 0 Å². The molecule has 0 bridgehead atoms. The van der Waals surface area contributed by atoms with E-state index in [-0.39, 0.29) is 30.7 Å². The van der Waals surface area contributed by atoms with Crippen LogP contribution in [0.25, 0.3) is 0 Å². The first kappa shape index (κ1) is 22.6. The summed E-state index contributed by atoms with van der Waals surface area (Å²) in [5.41, 5.74) is 3.64. The number of benzene rings is 1. The first-order valence-electron chi connectivity index (χ1n) is 9.52. The molecule has 2 aliphatic heterocycles. The predicted molar refractivity (Wildman–Crippen MR) is 117 cm³/mol. The molecule has 0 saturated carbocycles. The number of hydrogen-bond donors (Lipinski definition) is 1. The molecule has 1 amide bonds. The highest BCUT2D eigenvalue weighted by Crippen LogP contribution is 2.34. The van der Waals surface area contributed by atoms with Gasteiger partial charge in [-0.2, -0.15) is 0 Å². The number of furan rings is 1. The Hall–Kier alpha value is -1.69. The molecule has 0 radical (unpaired) electrons. The van der Waals surface area contributed by atoms with Crippen LogP contribution in [0.2, 0.25) is 0 Å². The van der Waals surface area contributed by atoms with Crippen LogP contribution in [0.5, 0.6) is 0 Å². The van der Waals surface area contributed by atoms with Crippen LogP contribution < -0.4 is 10.2 Å². The normalized spacial score (nSPS) is 20.5. The summed E-state index contributed by atoms with van der Waals surface area (Å²) >= 11 is 0. The van der Waals surface area contributed by atoms with E-state index in [1.165, 1.54) is 11.3 Å². The SMILES string of the molecule is CNCC1CCN(C(=O)c2occc2CN2c3ccccc3CC2C)C1.Cl.Cl. The molecule has 1 fully saturated rings. The molecule has 1 aromatic heterocycles. The number of fused-ring (bicyclic) bond motifs is 1. The Labute approximate surface area is 179 Å². The Morgan fingerprint density at radius 1 is 1.25 bits per heavy atom. The summed E-state index contributed by atoms with van der Waals surface area (Å²) in [7, 11) is 1.96. The summed E-state index contributed by atoms with van der Waals surface area (Å²) in [4.78, 5) is 17.3. The minimum atomic E-state index is 0. The van der Waals surface area contributed by atoms with E-state index in [0.29, 0.717) is 24.3 Å². The molecule has 5 nitrogen and oxygen atoms in total. The van der Waals surface area contributed by atoms with Gasteiger partial charge in [0.2, 0.25) is 0 Å². The first-order chi connectivity index (χ1) is 12.7. The first-order valence-corrected chi connectivity index (χ1v) is 9.52. The maximum Gasteiger partial charge on any atom is 0.289 e. The van der Waals surface area contributed by atoms with Gasteiger partial charge in [-0.25, -0.2) is 0 Å². The summed E-state index contributed by atoms with van der Waals surface area (Å²) in [5, 5.41) is 3.21. The molecular weight excluding hydrogens is 397 g/mol. The van der Waals surface area contributed by atoms with Gasteiger partial charge in [-0.15, -0.1) is 24.8 Å². The maximum absolute atomic E-state index is 13.0. The number of likely N-dealkylation sites (tertiary alicyclic amines) is 1. The molecule has 7 heteroatoms. The number of nitrogens with zero attached hydrogens (tertiary/aromatic N) is 2. The summed E-state index contributed by atoms with van der Waals surface area (Å²) in [6, 6.07) is 10.9.